The molecular weight excluding hydrogens is 321 g/mol. The molecule has 116 valence electrons. The van der Waals surface area contributed by atoms with E-state index >= 15 is 0 Å². The Morgan fingerprint density at radius 2 is 2.09 bits per heavy atom. The van der Waals surface area contributed by atoms with Gasteiger partial charge < -0.3 is 15.2 Å². The van der Waals surface area contributed by atoms with Crippen LogP contribution in [0.15, 0.2) is 24.3 Å². The zero-order valence-corrected chi connectivity index (χ0v) is 13.7. The van der Waals surface area contributed by atoms with Crippen LogP contribution in [0.2, 0.25) is 5.02 Å². The average molecular weight is 338 g/mol. The Morgan fingerprint density at radius 1 is 1.27 bits per heavy atom. The fourth-order valence-electron chi connectivity index (χ4n) is 3.68. The maximum atomic E-state index is 10.3. The normalized spacial score (nSPS) is 18.0. The Kier molecular flexibility index (Phi) is 3.98. The number of ether oxygens (including phenoxy) is 1. The van der Waals surface area contributed by atoms with Gasteiger partial charge in [-0.05, 0) is 48.2 Å². The molecule has 5 heteroatoms. The number of methoxy groups -OCH3 is 1. The van der Waals surface area contributed by atoms with Crippen LogP contribution in [0.3, 0.4) is 0 Å². The standard InChI is InChI=1S/C17H16ClNO2.ClH/c1-21-17-13(20)8-10-5-6-19-12-7-9-3-2-4-11(18)14(9)16(17)15(10)12;/h2-4,8,12,19-20H,5-7H2,1H3;1H. The lowest BCUT2D eigenvalue weighted by Crippen LogP contribution is -2.33. The lowest BCUT2D eigenvalue weighted by Gasteiger charge is -2.35. The minimum atomic E-state index is 0. The monoisotopic (exact) mass is 337 g/mol. The maximum Gasteiger partial charge on any atom is 0.168 e. The van der Waals surface area contributed by atoms with Crippen molar-refractivity contribution in [3.05, 3.63) is 46.0 Å². The third kappa shape index (κ3) is 2.08. The molecule has 1 heterocycles. The van der Waals surface area contributed by atoms with Crippen molar-refractivity contribution < 1.29 is 9.84 Å². The Labute approximate surface area is 140 Å². The summed E-state index contributed by atoms with van der Waals surface area (Å²) in [7, 11) is 1.59. The van der Waals surface area contributed by atoms with Crippen molar-refractivity contribution in [3.8, 4) is 22.6 Å². The molecule has 0 saturated carbocycles. The van der Waals surface area contributed by atoms with Gasteiger partial charge in [-0.15, -0.1) is 12.4 Å². The summed E-state index contributed by atoms with van der Waals surface area (Å²) < 4.78 is 5.49. The third-order valence-corrected chi connectivity index (χ3v) is 4.81. The van der Waals surface area contributed by atoms with Crippen LogP contribution in [0.1, 0.15) is 22.7 Å². The number of phenolic OH excluding ortho intramolecular Hbond substituents is 1. The van der Waals surface area contributed by atoms with Gasteiger partial charge in [0.1, 0.15) is 0 Å². The SMILES string of the molecule is COc1c(O)cc2c3c1-c1c(Cl)cccc1CC3NCC2.Cl. The predicted molar refractivity (Wildman–Crippen MR) is 90.5 cm³/mol. The molecule has 0 fully saturated rings. The number of fused-ring (bicyclic) bond motifs is 2. The van der Waals surface area contributed by atoms with E-state index in [4.69, 9.17) is 16.3 Å². The Bertz CT molecular complexity index is 746. The number of rotatable bonds is 1. The number of phenols is 1. The van der Waals surface area contributed by atoms with Crippen molar-refractivity contribution in [3.63, 3.8) is 0 Å². The van der Waals surface area contributed by atoms with E-state index in [2.05, 4.69) is 11.4 Å². The van der Waals surface area contributed by atoms with Gasteiger partial charge in [0.15, 0.2) is 11.5 Å². The number of nitrogens with one attached hydrogen (secondary N) is 1. The van der Waals surface area contributed by atoms with Crippen LogP contribution in [0.25, 0.3) is 11.1 Å². The van der Waals surface area contributed by atoms with Gasteiger partial charge >= 0.3 is 0 Å². The van der Waals surface area contributed by atoms with Gasteiger partial charge in [-0.1, -0.05) is 23.7 Å². The highest BCUT2D eigenvalue weighted by Gasteiger charge is 2.34. The highest BCUT2D eigenvalue weighted by atomic mass is 35.5. The molecule has 0 spiro atoms. The molecule has 0 radical (unpaired) electrons. The van der Waals surface area contributed by atoms with Crippen molar-refractivity contribution in [1.82, 2.24) is 5.32 Å². The van der Waals surface area contributed by atoms with Gasteiger partial charge in [0.25, 0.3) is 0 Å². The Balaban J connectivity index is 0.00000144. The largest absolute Gasteiger partial charge is 0.504 e. The molecule has 22 heavy (non-hydrogen) atoms. The Hall–Kier alpha value is -1.42. The van der Waals surface area contributed by atoms with Crippen LogP contribution in [0, 0.1) is 0 Å². The molecule has 0 amide bonds. The van der Waals surface area contributed by atoms with Crippen molar-refractivity contribution in [2.24, 2.45) is 0 Å². The highest BCUT2D eigenvalue weighted by molar-refractivity contribution is 6.33. The smallest absolute Gasteiger partial charge is 0.168 e. The fourth-order valence-corrected chi connectivity index (χ4v) is 3.96. The molecule has 2 aromatic rings. The predicted octanol–water partition coefficient (Wildman–Crippen LogP) is 3.89. The molecule has 4 rings (SSSR count). The summed E-state index contributed by atoms with van der Waals surface area (Å²) in [5.41, 5.74) is 5.58. The first kappa shape index (κ1) is 15.5. The van der Waals surface area contributed by atoms with Crippen molar-refractivity contribution in [2.45, 2.75) is 18.9 Å². The lowest BCUT2D eigenvalue weighted by atomic mass is 9.77. The first-order valence-electron chi connectivity index (χ1n) is 7.14. The molecule has 2 aliphatic rings. The number of hydrogen-bond donors (Lipinski definition) is 2. The van der Waals surface area contributed by atoms with E-state index in [-0.39, 0.29) is 24.2 Å². The minimum absolute atomic E-state index is 0. The topological polar surface area (TPSA) is 41.5 Å². The van der Waals surface area contributed by atoms with Crippen LogP contribution in [0.4, 0.5) is 0 Å². The molecule has 1 atom stereocenters. The van der Waals surface area contributed by atoms with Crippen LogP contribution < -0.4 is 10.1 Å². The first-order chi connectivity index (χ1) is 10.2. The molecule has 1 aliphatic carbocycles. The average Bonchev–Trinajstić information content (AvgIpc) is 2.47. The van der Waals surface area contributed by atoms with Gasteiger partial charge in [-0.2, -0.15) is 0 Å². The van der Waals surface area contributed by atoms with Crippen molar-refractivity contribution >= 4 is 24.0 Å². The lowest BCUT2D eigenvalue weighted by molar-refractivity contribution is 0.371. The number of hydrogen-bond acceptors (Lipinski definition) is 3. The maximum absolute atomic E-state index is 10.3. The van der Waals surface area contributed by atoms with Crippen LogP contribution >= 0.6 is 24.0 Å². The second kappa shape index (κ2) is 5.65. The summed E-state index contributed by atoms with van der Waals surface area (Å²) in [4.78, 5) is 0. The zero-order valence-electron chi connectivity index (χ0n) is 12.1. The molecule has 1 unspecified atom stereocenters. The van der Waals surface area contributed by atoms with Crippen molar-refractivity contribution in [1.29, 1.82) is 0 Å². The molecule has 1 aliphatic heterocycles. The van der Waals surface area contributed by atoms with Gasteiger partial charge in [-0.25, -0.2) is 0 Å². The van der Waals surface area contributed by atoms with Gasteiger partial charge in [0.2, 0.25) is 0 Å². The molecule has 0 aromatic heterocycles. The van der Waals surface area contributed by atoms with Gasteiger partial charge in [0, 0.05) is 22.2 Å². The summed E-state index contributed by atoms with van der Waals surface area (Å²) in [5, 5.41) is 14.6. The minimum Gasteiger partial charge on any atom is -0.504 e. The highest BCUT2D eigenvalue weighted by Crippen LogP contribution is 2.52. The summed E-state index contributed by atoms with van der Waals surface area (Å²) in [6, 6.07) is 8.08. The van der Waals surface area contributed by atoms with Gasteiger partial charge in [-0.3, -0.25) is 0 Å². The summed E-state index contributed by atoms with van der Waals surface area (Å²) in [6.45, 7) is 0.929. The number of halogens is 2. The van der Waals surface area contributed by atoms with E-state index in [0.29, 0.717) is 10.8 Å². The van der Waals surface area contributed by atoms with E-state index < -0.39 is 0 Å². The molecule has 2 aromatic carbocycles. The number of aromatic hydroxyl groups is 1. The van der Waals surface area contributed by atoms with E-state index in [1.807, 2.05) is 18.2 Å². The molecular formula is C17H17Cl2NO2. The molecule has 3 nitrogen and oxygen atoms in total. The van der Waals surface area contributed by atoms with E-state index in [0.717, 1.165) is 30.5 Å². The second-order valence-corrected chi connectivity index (χ2v) is 6.02. The van der Waals surface area contributed by atoms with E-state index in [1.165, 1.54) is 16.7 Å². The van der Waals surface area contributed by atoms with Crippen molar-refractivity contribution in [2.75, 3.05) is 13.7 Å². The summed E-state index contributed by atoms with van der Waals surface area (Å²) in [5.74, 6) is 0.719. The molecule has 2 N–H and O–H groups in total. The summed E-state index contributed by atoms with van der Waals surface area (Å²) >= 11 is 6.45. The number of benzene rings is 2. The molecule has 0 bridgehead atoms. The van der Waals surface area contributed by atoms with Crippen LogP contribution in [-0.4, -0.2) is 18.8 Å². The Morgan fingerprint density at radius 3 is 2.86 bits per heavy atom. The first-order valence-corrected chi connectivity index (χ1v) is 7.52. The fraction of sp³-hybridized carbons (Fsp3) is 0.294. The quantitative estimate of drug-likeness (QED) is 0.829. The van der Waals surface area contributed by atoms with Crippen LogP contribution in [0.5, 0.6) is 11.5 Å². The van der Waals surface area contributed by atoms with E-state index in [9.17, 15) is 5.11 Å². The second-order valence-electron chi connectivity index (χ2n) is 5.61. The van der Waals surface area contributed by atoms with Gasteiger partial charge in [0.05, 0.1) is 7.11 Å². The third-order valence-electron chi connectivity index (χ3n) is 4.50. The zero-order chi connectivity index (χ0) is 14.6. The summed E-state index contributed by atoms with van der Waals surface area (Å²) in [6.07, 6.45) is 1.83. The van der Waals surface area contributed by atoms with E-state index in [1.54, 1.807) is 7.11 Å². The molecule has 0 saturated heterocycles. The van der Waals surface area contributed by atoms with Crippen LogP contribution in [-0.2, 0) is 12.8 Å².